The molecule has 0 bridgehead atoms. The summed E-state index contributed by atoms with van der Waals surface area (Å²) in [5, 5.41) is 6.86. The Morgan fingerprint density at radius 3 is 2.62 bits per heavy atom. The Morgan fingerprint density at radius 1 is 1.23 bits per heavy atom. The number of hydrogen-bond donors (Lipinski definition) is 2. The van der Waals surface area contributed by atoms with E-state index in [4.69, 9.17) is 14.5 Å². The van der Waals surface area contributed by atoms with Gasteiger partial charge in [0.2, 0.25) is 0 Å². The molecule has 0 aromatic carbocycles. The fraction of sp³-hybridized carbons (Fsp3) is 0.941. The van der Waals surface area contributed by atoms with Crippen LogP contribution < -0.4 is 10.6 Å². The van der Waals surface area contributed by atoms with Crippen LogP contribution in [0.4, 0.5) is 0 Å². The molecule has 0 saturated carbocycles. The highest BCUT2D eigenvalue weighted by Crippen LogP contribution is 2.25. The average molecular weight is 501 g/mol. The summed E-state index contributed by atoms with van der Waals surface area (Å²) >= 11 is 0. The highest BCUT2D eigenvalue weighted by Gasteiger charge is 2.30. The van der Waals surface area contributed by atoms with Gasteiger partial charge in [-0.15, -0.1) is 24.0 Å². The number of ether oxygens (including phenoxy) is 2. The lowest BCUT2D eigenvalue weighted by molar-refractivity contribution is 0.0283. The van der Waals surface area contributed by atoms with Gasteiger partial charge in [0, 0.05) is 32.4 Å². The van der Waals surface area contributed by atoms with Crippen LogP contribution in [0.1, 0.15) is 39.0 Å². The lowest BCUT2D eigenvalue weighted by Gasteiger charge is -2.27. The molecule has 2 N–H and O–H groups in total. The van der Waals surface area contributed by atoms with Crippen molar-refractivity contribution < 1.29 is 17.9 Å². The van der Waals surface area contributed by atoms with Crippen LogP contribution in [-0.4, -0.2) is 70.4 Å². The Hall–Kier alpha value is -0.130. The summed E-state index contributed by atoms with van der Waals surface area (Å²) in [4.78, 5) is 4.75. The second-order valence-corrected chi connectivity index (χ2v) is 9.98. The molecule has 0 radical (unpaired) electrons. The number of rotatable bonds is 5. The minimum atomic E-state index is -2.84. The Balaban J connectivity index is 0.00000243. The summed E-state index contributed by atoms with van der Waals surface area (Å²) in [6, 6.07) is 0.351. The molecule has 0 aromatic rings. The molecule has 3 saturated heterocycles. The number of nitrogens with one attached hydrogen (secondary N) is 2. The predicted molar refractivity (Wildman–Crippen MR) is 113 cm³/mol. The van der Waals surface area contributed by atoms with E-state index in [2.05, 4.69) is 17.6 Å². The Kier molecular flexibility index (Phi) is 8.42. The van der Waals surface area contributed by atoms with Gasteiger partial charge in [0.15, 0.2) is 15.8 Å². The van der Waals surface area contributed by atoms with E-state index < -0.39 is 9.84 Å². The van der Waals surface area contributed by atoms with Crippen molar-refractivity contribution in [3.8, 4) is 0 Å². The standard InChI is InChI=1S/C17H31N3O4S.HI/c1-17(6-2-7-24-17)13-19-16(20-15-3-8-23-9-4-15)18-11-14-5-10-25(21,22)12-14;/h14-15H,2-13H2,1H3,(H2,18,19,20);1H. The third kappa shape index (κ3) is 6.79. The van der Waals surface area contributed by atoms with Crippen LogP contribution in [0.25, 0.3) is 0 Å². The number of halogens is 1. The van der Waals surface area contributed by atoms with Gasteiger partial charge in [0.25, 0.3) is 0 Å². The first-order valence-electron chi connectivity index (χ1n) is 9.41. The first kappa shape index (κ1) is 22.2. The minimum Gasteiger partial charge on any atom is -0.381 e. The topological polar surface area (TPSA) is 89.0 Å². The van der Waals surface area contributed by atoms with Gasteiger partial charge >= 0.3 is 0 Å². The summed E-state index contributed by atoms with van der Waals surface area (Å²) in [7, 11) is -2.84. The van der Waals surface area contributed by atoms with Gasteiger partial charge in [0.05, 0.1) is 23.7 Å². The summed E-state index contributed by atoms with van der Waals surface area (Å²) in [5.41, 5.74) is -0.180. The predicted octanol–water partition coefficient (Wildman–Crippen LogP) is 1.32. The number of hydrogen-bond acceptors (Lipinski definition) is 5. The largest absolute Gasteiger partial charge is 0.381 e. The van der Waals surface area contributed by atoms with Gasteiger partial charge in [-0.25, -0.2) is 8.42 Å². The van der Waals surface area contributed by atoms with Gasteiger partial charge in [0.1, 0.15) is 0 Å². The fourth-order valence-electron chi connectivity index (χ4n) is 3.67. The summed E-state index contributed by atoms with van der Waals surface area (Å²) in [6.45, 7) is 5.72. The monoisotopic (exact) mass is 501 g/mol. The average Bonchev–Trinajstić information content (AvgIpc) is 3.17. The van der Waals surface area contributed by atoms with Crippen molar-refractivity contribution in [1.82, 2.24) is 10.6 Å². The summed E-state index contributed by atoms with van der Waals surface area (Å²) in [5.74, 6) is 1.54. The van der Waals surface area contributed by atoms with Gasteiger partial charge in [-0.2, -0.15) is 0 Å². The van der Waals surface area contributed by atoms with Crippen molar-refractivity contribution in [3.63, 3.8) is 0 Å². The molecule has 152 valence electrons. The van der Waals surface area contributed by atoms with Crippen molar-refractivity contribution in [2.45, 2.75) is 50.7 Å². The van der Waals surface area contributed by atoms with E-state index in [9.17, 15) is 8.42 Å². The van der Waals surface area contributed by atoms with Gasteiger partial charge in [-0.1, -0.05) is 0 Å². The van der Waals surface area contributed by atoms with E-state index in [0.717, 1.165) is 57.9 Å². The zero-order chi connectivity index (χ0) is 17.8. The zero-order valence-electron chi connectivity index (χ0n) is 15.5. The maximum absolute atomic E-state index is 11.6. The number of sulfone groups is 1. The molecule has 3 aliphatic rings. The Morgan fingerprint density at radius 2 is 2.00 bits per heavy atom. The Bertz CT molecular complexity index is 573. The maximum Gasteiger partial charge on any atom is 0.191 e. The van der Waals surface area contributed by atoms with Crippen LogP contribution in [-0.2, 0) is 19.3 Å². The third-order valence-corrected chi connectivity index (χ3v) is 7.16. The molecule has 0 aliphatic carbocycles. The Labute approximate surface area is 174 Å². The molecule has 3 heterocycles. The van der Waals surface area contributed by atoms with Gasteiger partial charge in [-0.05, 0) is 44.9 Å². The number of guanidine groups is 1. The van der Waals surface area contributed by atoms with Crippen LogP contribution in [0.15, 0.2) is 4.99 Å². The van der Waals surface area contributed by atoms with E-state index in [1.54, 1.807) is 0 Å². The highest BCUT2D eigenvalue weighted by molar-refractivity contribution is 14.0. The number of aliphatic imine (C=N–C) groups is 1. The molecule has 3 rings (SSSR count). The third-order valence-electron chi connectivity index (χ3n) is 5.32. The molecule has 2 atom stereocenters. The van der Waals surface area contributed by atoms with Crippen LogP contribution in [0, 0.1) is 5.92 Å². The maximum atomic E-state index is 11.6. The lowest BCUT2D eigenvalue weighted by Crippen LogP contribution is -2.47. The van der Waals surface area contributed by atoms with Crippen molar-refractivity contribution in [2.75, 3.05) is 44.4 Å². The van der Waals surface area contributed by atoms with Crippen molar-refractivity contribution in [3.05, 3.63) is 0 Å². The van der Waals surface area contributed by atoms with E-state index in [-0.39, 0.29) is 41.2 Å². The summed E-state index contributed by atoms with van der Waals surface area (Å²) in [6.07, 6.45) is 4.78. The van der Waals surface area contributed by atoms with Crippen molar-refractivity contribution in [2.24, 2.45) is 10.9 Å². The fourth-order valence-corrected chi connectivity index (χ4v) is 5.53. The van der Waals surface area contributed by atoms with Gasteiger partial charge < -0.3 is 20.1 Å². The molecule has 9 heteroatoms. The number of nitrogens with zero attached hydrogens (tertiary/aromatic N) is 1. The summed E-state index contributed by atoms with van der Waals surface area (Å²) < 4.78 is 34.5. The second-order valence-electron chi connectivity index (χ2n) is 7.75. The SMILES string of the molecule is CC1(CN=C(NCC2CCS(=O)(=O)C2)NC2CCOCC2)CCCO1.I. The van der Waals surface area contributed by atoms with E-state index in [0.29, 0.717) is 24.9 Å². The van der Waals surface area contributed by atoms with Crippen molar-refractivity contribution in [1.29, 1.82) is 0 Å². The molecule has 26 heavy (non-hydrogen) atoms. The highest BCUT2D eigenvalue weighted by atomic mass is 127. The zero-order valence-corrected chi connectivity index (χ0v) is 18.7. The van der Waals surface area contributed by atoms with E-state index >= 15 is 0 Å². The first-order valence-corrected chi connectivity index (χ1v) is 11.2. The van der Waals surface area contributed by atoms with E-state index in [1.165, 1.54) is 0 Å². The van der Waals surface area contributed by atoms with Gasteiger partial charge in [-0.3, -0.25) is 4.99 Å². The molecule has 7 nitrogen and oxygen atoms in total. The molecular formula is C17H32IN3O4S. The minimum absolute atomic E-state index is 0. The van der Waals surface area contributed by atoms with Crippen LogP contribution >= 0.6 is 24.0 Å². The molecule has 3 fully saturated rings. The first-order chi connectivity index (χ1) is 11.9. The normalized spacial score (nSPS) is 32.2. The quantitative estimate of drug-likeness (QED) is 0.336. The molecule has 3 aliphatic heterocycles. The van der Waals surface area contributed by atoms with Crippen molar-refractivity contribution >= 4 is 39.8 Å². The molecule has 2 unspecified atom stereocenters. The van der Waals surface area contributed by atoms with Crippen LogP contribution in [0.2, 0.25) is 0 Å². The second kappa shape index (κ2) is 9.88. The van der Waals surface area contributed by atoms with E-state index in [1.807, 2.05) is 0 Å². The smallest absolute Gasteiger partial charge is 0.191 e. The molecule has 0 aromatic heterocycles. The lowest BCUT2D eigenvalue weighted by atomic mass is 10.0. The van der Waals surface area contributed by atoms with Crippen LogP contribution in [0.5, 0.6) is 0 Å². The van der Waals surface area contributed by atoms with Crippen LogP contribution in [0.3, 0.4) is 0 Å². The molecule has 0 amide bonds. The molecular weight excluding hydrogens is 469 g/mol. The molecule has 0 spiro atoms.